The highest BCUT2D eigenvalue weighted by molar-refractivity contribution is 7.19. The molecule has 1 saturated heterocycles. The lowest BCUT2D eigenvalue weighted by atomic mass is 9.79. The number of nitrogens with one attached hydrogen (secondary N) is 1. The third-order valence-corrected chi connectivity index (χ3v) is 6.97. The van der Waals surface area contributed by atoms with Crippen LogP contribution in [0.5, 0.6) is 5.75 Å². The normalized spacial score (nSPS) is 23.3. The molecule has 2 aliphatic rings. The van der Waals surface area contributed by atoms with Gasteiger partial charge in [0.25, 0.3) is 0 Å². The quantitative estimate of drug-likeness (QED) is 0.699. The summed E-state index contributed by atoms with van der Waals surface area (Å²) >= 11 is 7.92. The number of piperidine rings is 1. The second-order valence-electron chi connectivity index (χ2n) is 9.18. The average Bonchev–Trinajstić information content (AvgIpc) is 2.97. The first-order valence-electron chi connectivity index (χ1n) is 9.54. The SMILES string of the molecule is CC1Oc2cc(Cl)ccc2-c2sc(N(C)C3CC(C)(C)NC(C)(C)C3)nc21. The minimum atomic E-state index is -0.0646. The van der Waals surface area contributed by atoms with E-state index in [1.807, 2.05) is 18.2 Å². The molecule has 0 radical (unpaired) electrons. The number of thiazole rings is 1. The molecule has 4 nitrogen and oxygen atoms in total. The van der Waals surface area contributed by atoms with Crippen molar-refractivity contribution in [3.8, 4) is 16.2 Å². The molecule has 0 aliphatic carbocycles. The molecular weight excluding hydrogens is 378 g/mol. The van der Waals surface area contributed by atoms with Gasteiger partial charge in [-0.1, -0.05) is 22.9 Å². The molecule has 0 bridgehead atoms. The molecule has 2 aliphatic heterocycles. The van der Waals surface area contributed by atoms with Crippen LogP contribution < -0.4 is 15.0 Å². The zero-order chi connectivity index (χ0) is 19.6. The largest absolute Gasteiger partial charge is 0.484 e. The standard InChI is InChI=1S/C21H28ClN3OS/c1-12-17-18(15-8-7-13(22)9-16(15)26-12)27-19(23-17)25(6)14-10-20(2,3)24-21(4,5)11-14/h7-9,12,14,24H,10-11H2,1-6H3. The van der Waals surface area contributed by atoms with Crippen molar-refractivity contribution in [1.82, 2.24) is 10.3 Å². The predicted octanol–water partition coefficient (Wildman–Crippen LogP) is 5.66. The Balaban J connectivity index is 1.68. The van der Waals surface area contributed by atoms with Crippen LogP contribution in [-0.2, 0) is 0 Å². The lowest BCUT2D eigenvalue weighted by Gasteiger charge is -2.48. The summed E-state index contributed by atoms with van der Waals surface area (Å²) in [4.78, 5) is 8.56. The molecule has 146 valence electrons. The Morgan fingerprint density at radius 3 is 2.56 bits per heavy atom. The van der Waals surface area contributed by atoms with Crippen molar-refractivity contribution in [2.24, 2.45) is 0 Å². The van der Waals surface area contributed by atoms with Crippen molar-refractivity contribution in [3.63, 3.8) is 0 Å². The van der Waals surface area contributed by atoms with Gasteiger partial charge in [0.1, 0.15) is 17.5 Å². The number of anilines is 1. The number of nitrogens with zero attached hydrogens (tertiary/aromatic N) is 2. The van der Waals surface area contributed by atoms with Crippen LogP contribution in [0.1, 0.15) is 59.3 Å². The van der Waals surface area contributed by atoms with Crippen molar-refractivity contribution in [1.29, 1.82) is 0 Å². The number of hydrogen-bond donors (Lipinski definition) is 1. The van der Waals surface area contributed by atoms with Gasteiger partial charge in [-0.3, -0.25) is 0 Å². The van der Waals surface area contributed by atoms with Crippen LogP contribution >= 0.6 is 22.9 Å². The smallest absolute Gasteiger partial charge is 0.186 e. The lowest BCUT2D eigenvalue weighted by Crippen LogP contribution is -2.61. The first-order valence-corrected chi connectivity index (χ1v) is 10.7. The molecule has 4 rings (SSSR count). The minimum absolute atomic E-state index is 0.0646. The second kappa shape index (κ2) is 6.36. The van der Waals surface area contributed by atoms with Gasteiger partial charge in [0, 0.05) is 34.8 Å². The van der Waals surface area contributed by atoms with Gasteiger partial charge < -0.3 is 15.0 Å². The Morgan fingerprint density at radius 2 is 1.89 bits per heavy atom. The van der Waals surface area contributed by atoms with Crippen LogP contribution in [0.3, 0.4) is 0 Å². The van der Waals surface area contributed by atoms with Crippen LogP contribution in [0, 0.1) is 0 Å². The Kier molecular flexibility index (Phi) is 4.48. The number of benzene rings is 1. The van der Waals surface area contributed by atoms with Crippen molar-refractivity contribution in [2.75, 3.05) is 11.9 Å². The number of hydrogen-bond acceptors (Lipinski definition) is 5. The summed E-state index contributed by atoms with van der Waals surface area (Å²) < 4.78 is 6.08. The Hall–Kier alpha value is -1.30. The van der Waals surface area contributed by atoms with Gasteiger partial charge >= 0.3 is 0 Å². The van der Waals surface area contributed by atoms with E-state index < -0.39 is 0 Å². The van der Waals surface area contributed by atoms with E-state index in [4.69, 9.17) is 21.3 Å². The summed E-state index contributed by atoms with van der Waals surface area (Å²) in [7, 11) is 2.18. The third kappa shape index (κ3) is 3.57. The van der Waals surface area contributed by atoms with Crippen LogP contribution in [-0.4, -0.2) is 29.2 Å². The first kappa shape index (κ1) is 19.0. The molecule has 0 spiro atoms. The molecule has 2 aromatic rings. The molecule has 6 heteroatoms. The van der Waals surface area contributed by atoms with Crippen molar-refractivity contribution in [2.45, 2.75) is 70.7 Å². The highest BCUT2D eigenvalue weighted by Crippen LogP contribution is 2.48. The summed E-state index contributed by atoms with van der Waals surface area (Å²) in [5.41, 5.74) is 2.34. The fourth-order valence-corrected chi connectivity index (χ4v) is 6.04. The number of rotatable bonds is 2. The Labute approximate surface area is 170 Å². The van der Waals surface area contributed by atoms with E-state index >= 15 is 0 Å². The molecule has 0 saturated carbocycles. The van der Waals surface area contributed by atoms with Gasteiger partial charge in [-0.15, -0.1) is 0 Å². The van der Waals surface area contributed by atoms with E-state index in [1.165, 1.54) is 4.88 Å². The Morgan fingerprint density at radius 1 is 1.22 bits per heavy atom. The molecule has 1 fully saturated rings. The maximum absolute atomic E-state index is 6.16. The third-order valence-electron chi connectivity index (χ3n) is 5.54. The maximum Gasteiger partial charge on any atom is 0.186 e. The van der Waals surface area contributed by atoms with Gasteiger partial charge in [0.15, 0.2) is 5.13 Å². The van der Waals surface area contributed by atoms with Crippen molar-refractivity contribution >= 4 is 28.1 Å². The first-order chi connectivity index (χ1) is 12.5. The molecular formula is C21H28ClN3OS. The zero-order valence-corrected chi connectivity index (χ0v) is 18.5. The summed E-state index contributed by atoms with van der Waals surface area (Å²) in [6, 6.07) is 6.31. The van der Waals surface area contributed by atoms with E-state index in [-0.39, 0.29) is 17.2 Å². The monoisotopic (exact) mass is 405 g/mol. The van der Waals surface area contributed by atoms with E-state index in [0.717, 1.165) is 35.0 Å². The summed E-state index contributed by atoms with van der Waals surface area (Å²) in [5, 5.41) is 5.53. The molecule has 3 heterocycles. The van der Waals surface area contributed by atoms with Gasteiger partial charge in [-0.2, -0.15) is 0 Å². The summed E-state index contributed by atoms with van der Waals surface area (Å²) in [6.07, 6.45) is 2.12. The highest BCUT2D eigenvalue weighted by Gasteiger charge is 2.40. The van der Waals surface area contributed by atoms with Crippen LogP contribution in [0.4, 0.5) is 5.13 Å². The van der Waals surface area contributed by atoms with E-state index in [2.05, 4.69) is 51.9 Å². The predicted molar refractivity (Wildman–Crippen MR) is 114 cm³/mol. The average molecular weight is 406 g/mol. The number of halogens is 1. The van der Waals surface area contributed by atoms with Crippen LogP contribution in [0.25, 0.3) is 10.4 Å². The zero-order valence-electron chi connectivity index (χ0n) is 16.9. The van der Waals surface area contributed by atoms with Gasteiger partial charge in [0.2, 0.25) is 0 Å². The van der Waals surface area contributed by atoms with Crippen molar-refractivity contribution in [3.05, 3.63) is 28.9 Å². The lowest BCUT2D eigenvalue weighted by molar-refractivity contribution is 0.161. The van der Waals surface area contributed by atoms with E-state index in [0.29, 0.717) is 11.1 Å². The topological polar surface area (TPSA) is 37.4 Å². The van der Waals surface area contributed by atoms with Gasteiger partial charge in [-0.25, -0.2) is 4.98 Å². The maximum atomic E-state index is 6.16. The molecule has 1 aromatic carbocycles. The fraction of sp³-hybridized carbons (Fsp3) is 0.571. The highest BCUT2D eigenvalue weighted by atomic mass is 35.5. The number of ether oxygens (including phenoxy) is 1. The fourth-order valence-electron chi connectivity index (χ4n) is 4.67. The van der Waals surface area contributed by atoms with Gasteiger partial charge in [-0.05, 0) is 65.7 Å². The van der Waals surface area contributed by atoms with E-state index in [1.54, 1.807) is 11.3 Å². The molecule has 1 unspecified atom stereocenters. The molecule has 0 amide bonds. The second-order valence-corrected chi connectivity index (χ2v) is 10.6. The number of fused-ring (bicyclic) bond motifs is 3. The summed E-state index contributed by atoms with van der Waals surface area (Å²) in [6.45, 7) is 11.2. The van der Waals surface area contributed by atoms with Crippen LogP contribution in [0.15, 0.2) is 18.2 Å². The molecule has 27 heavy (non-hydrogen) atoms. The molecule has 1 aromatic heterocycles. The summed E-state index contributed by atoms with van der Waals surface area (Å²) in [5.74, 6) is 0.851. The number of aromatic nitrogens is 1. The van der Waals surface area contributed by atoms with Crippen LogP contribution in [0.2, 0.25) is 5.02 Å². The van der Waals surface area contributed by atoms with Crippen molar-refractivity contribution < 1.29 is 4.74 Å². The van der Waals surface area contributed by atoms with E-state index in [9.17, 15) is 0 Å². The molecule has 1 N–H and O–H groups in total. The Bertz CT molecular complexity index is 860. The van der Waals surface area contributed by atoms with Gasteiger partial charge in [0.05, 0.1) is 4.88 Å². The molecule has 1 atom stereocenters. The minimum Gasteiger partial charge on any atom is -0.484 e.